The van der Waals surface area contributed by atoms with Gasteiger partial charge in [0.1, 0.15) is 0 Å². The smallest absolute Gasteiger partial charge is 0.317 e. The molecule has 7 heteroatoms. The summed E-state index contributed by atoms with van der Waals surface area (Å²) in [5.41, 5.74) is 7.50. The van der Waals surface area contributed by atoms with Gasteiger partial charge in [0.15, 0.2) is 0 Å². The van der Waals surface area contributed by atoms with Crippen LogP contribution >= 0.6 is 0 Å². The van der Waals surface area contributed by atoms with Crippen LogP contribution in [0.1, 0.15) is 24.3 Å². The van der Waals surface area contributed by atoms with Gasteiger partial charge in [0, 0.05) is 44.5 Å². The van der Waals surface area contributed by atoms with Crippen molar-refractivity contribution in [3.8, 4) is 22.4 Å². The SMILES string of the molecule is Cn1cc(-c2cc3cccc(-c4cc(C5CCNCC5)c5c(c4)n(C)c(=O)n5C)c3cn2)cn1. The van der Waals surface area contributed by atoms with Crippen LogP contribution in [-0.2, 0) is 21.1 Å². The molecule has 0 radical (unpaired) electrons. The van der Waals surface area contributed by atoms with Gasteiger partial charge in [-0.3, -0.25) is 18.8 Å². The van der Waals surface area contributed by atoms with E-state index in [2.05, 4.69) is 46.8 Å². The third kappa shape index (κ3) is 3.27. The second-order valence-electron chi connectivity index (χ2n) is 9.36. The van der Waals surface area contributed by atoms with Crippen molar-refractivity contribution in [1.82, 2.24) is 29.2 Å². The first-order chi connectivity index (χ1) is 16.5. The molecule has 0 saturated carbocycles. The second-order valence-corrected chi connectivity index (χ2v) is 9.36. The molecule has 7 nitrogen and oxygen atoms in total. The van der Waals surface area contributed by atoms with Gasteiger partial charge in [0.25, 0.3) is 0 Å². The normalized spacial score (nSPS) is 14.9. The summed E-state index contributed by atoms with van der Waals surface area (Å²) >= 11 is 0. The number of benzene rings is 2. The first-order valence-corrected chi connectivity index (χ1v) is 11.8. The number of hydrogen-bond acceptors (Lipinski definition) is 4. The number of nitrogens with zero attached hydrogens (tertiary/aromatic N) is 5. The van der Waals surface area contributed by atoms with Crippen molar-refractivity contribution in [2.75, 3.05) is 13.1 Å². The lowest BCUT2D eigenvalue weighted by molar-refractivity contribution is 0.461. The molecule has 2 aromatic carbocycles. The first kappa shape index (κ1) is 20.9. The summed E-state index contributed by atoms with van der Waals surface area (Å²) in [5, 5.41) is 9.99. The van der Waals surface area contributed by atoms with Gasteiger partial charge in [0.2, 0.25) is 0 Å². The number of aromatic nitrogens is 5. The summed E-state index contributed by atoms with van der Waals surface area (Å²) in [6.45, 7) is 2.01. The molecule has 4 heterocycles. The van der Waals surface area contributed by atoms with Crippen molar-refractivity contribution in [2.45, 2.75) is 18.8 Å². The Hall–Kier alpha value is -3.71. The molecule has 34 heavy (non-hydrogen) atoms. The van der Waals surface area contributed by atoms with Gasteiger partial charge in [-0.2, -0.15) is 5.10 Å². The molecule has 0 amide bonds. The fourth-order valence-corrected chi connectivity index (χ4v) is 5.42. The molecular weight excluding hydrogens is 424 g/mol. The highest BCUT2D eigenvalue weighted by Gasteiger charge is 2.23. The van der Waals surface area contributed by atoms with E-state index in [-0.39, 0.29) is 5.69 Å². The number of fused-ring (bicyclic) bond motifs is 2. The van der Waals surface area contributed by atoms with Gasteiger partial charge in [-0.05, 0) is 72.1 Å². The number of piperidine rings is 1. The van der Waals surface area contributed by atoms with Crippen LogP contribution in [0.25, 0.3) is 44.2 Å². The Morgan fingerprint density at radius 3 is 2.56 bits per heavy atom. The average Bonchev–Trinajstić information content (AvgIpc) is 3.40. The molecule has 1 aliphatic heterocycles. The molecule has 5 aromatic rings. The van der Waals surface area contributed by atoms with Crippen molar-refractivity contribution in [1.29, 1.82) is 0 Å². The predicted molar refractivity (Wildman–Crippen MR) is 136 cm³/mol. The van der Waals surface area contributed by atoms with E-state index >= 15 is 0 Å². The van der Waals surface area contributed by atoms with Crippen LogP contribution in [0, 0.1) is 0 Å². The third-order valence-corrected chi connectivity index (χ3v) is 7.25. The number of hydrogen-bond donors (Lipinski definition) is 1. The van der Waals surface area contributed by atoms with E-state index in [9.17, 15) is 4.79 Å². The van der Waals surface area contributed by atoms with Gasteiger partial charge in [0.05, 0.1) is 22.9 Å². The van der Waals surface area contributed by atoms with Crippen molar-refractivity contribution in [2.24, 2.45) is 21.1 Å². The number of pyridine rings is 1. The average molecular weight is 453 g/mol. The van der Waals surface area contributed by atoms with E-state index in [4.69, 9.17) is 4.98 Å². The highest BCUT2D eigenvalue weighted by molar-refractivity contribution is 5.99. The molecule has 1 fully saturated rings. The lowest BCUT2D eigenvalue weighted by Crippen LogP contribution is -2.27. The Balaban J connectivity index is 1.56. The van der Waals surface area contributed by atoms with Gasteiger partial charge in [-0.1, -0.05) is 18.2 Å². The van der Waals surface area contributed by atoms with Gasteiger partial charge in [-0.15, -0.1) is 0 Å². The third-order valence-electron chi connectivity index (χ3n) is 7.25. The molecule has 3 aromatic heterocycles. The van der Waals surface area contributed by atoms with Crippen molar-refractivity contribution < 1.29 is 0 Å². The fraction of sp³-hybridized carbons (Fsp3) is 0.296. The lowest BCUT2D eigenvalue weighted by atomic mass is 9.86. The van der Waals surface area contributed by atoms with Crippen LogP contribution in [0.2, 0.25) is 0 Å². The van der Waals surface area contributed by atoms with Crippen molar-refractivity contribution in [3.63, 3.8) is 0 Å². The highest BCUT2D eigenvalue weighted by Crippen LogP contribution is 2.37. The quantitative estimate of drug-likeness (QED) is 0.450. The Labute approximate surface area is 197 Å². The zero-order valence-electron chi connectivity index (χ0n) is 19.7. The van der Waals surface area contributed by atoms with Gasteiger partial charge in [-0.25, -0.2) is 4.79 Å². The Morgan fingerprint density at radius 2 is 1.79 bits per heavy atom. The number of nitrogens with one attached hydrogen (secondary N) is 1. The highest BCUT2D eigenvalue weighted by atomic mass is 16.1. The zero-order chi connectivity index (χ0) is 23.4. The zero-order valence-corrected chi connectivity index (χ0v) is 19.7. The molecule has 6 rings (SSSR count). The summed E-state index contributed by atoms with van der Waals surface area (Å²) in [4.78, 5) is 17.6. The molecule has 0 aliphatic carbocycles. The maximum atomic E-state index is 12.9. The van der Waals surface area contributed by atoms with Crippen LogP contribution in [0.15, 0.2) is 59.8 Å². The number of imidazole rings is 1. The molecule has 0 bridgehead atoms. The molecular formula is C27H28N6O. The van der Waals surface area contributed by atoms with E-state index in [1.807, 2.05) is 39.7 Å². The van der Waals surface area contributed by atoms with Crippen molar-refractivity contribution >= 4 is 21.8 Å². The summed E-state index contributed by atoms with van der Waals surface area (Å²) < 4.78 is 5.37. The minimum atomic E-state index is 0.0167. The van der Waals surface area contributed by atoms with Gasteiger partial charge >= 0.3 is 5.69 Å². The summed E-state index contributed by atoms with van der Waals surface area (Å²) in [5.74, 6) is 0.432. The van der Waals surface area contributed by atoms with E-state index in [1.54, 1.807) is 13.8 Å². The van der Waals surface area contributed by atoms with E-state index < -0.39 is 0 Å². The minimum Gasteiger partial charge on any atom is -0.317 e. The monoisotopic (exact) mass is 452 g/mol. The maximum Gasteiger partial charge on any atom is 0.328 e. The molecule has 0 spiro atoms. The van der Waals surface area contributed by atoms with Crippen molar-refractivity contribution in [3.05, 3.63) is 71.0 Å². The van der Waals surface area contributed by atoms with E-state index in [0.29, 0.717) is 5.92 Å². The Morgan fingerprint density at radius 1 is 0.971 bits per heavy atom. The van der Waals surface area contributed by atoms with Crippen LogP contribution in [-0.4, -0.2) is 37.0 Å². The van der Waals surface area contributed by atoms with E-state index in [1.165, 1.54) is 5.56 Å². The molecule has 1 aliphatic rings. The minimum absolute atomic E-state index is 0.0167. The second kappa shape index (κ2) is 7.95. The van der Waals surface area contributed by atoms with E-state index in [0.717, 1.165) is 70.1 Å². The lowest BCUT2D eigenvalue weighted by Gasteiger charge is -2.24. The standard InChI is InChI=1S/C27H28N6O/c1-31-16-20(14-30-31)24-12-18-5-4-6-21(23(18)15-29-24)19-11-22(17-7-9-28-10-8-17)26-25(13-19)32(2)27(34)33(26)3/h4-6,11-17,28H,7-10H2,1-3H3. The fourth-order valence-electron chi connectivity index (χ4n) is 5.42. The first-order valence-electron chi connectivity index (χ1n) is 11.8. The number of aryl methyl sites for hydroxylation is 3. The Bertz CT molecular complexity index is 1600. The largest absolute Gasteiger partial charge is 0.328 e. The molecule has 1 saturated heterocycles. The van der Waals surface area contributed by atoms with Crippen LogP contribution < -0.4 is 11.0 Å². The summed E-state index contributed by atoms with van der Waals surface area (Å²) in [7, 11) is 5.66. The molecule has 172 valence electrons. The number of rotatable bonds is 3. The molecule has 0 atom stereocenters. The van der Waals surface area contributed by atoms with Gasteiger partial charge < -0.3 is 5.32 Å². The maximum absolute atomic E-state index is 12.9. The molecule has 0 unspecified atom stereocenters. The Kier molecular flexibility index (Phi) is 4.88. The van der Waals surface area contributed by atoms with Crippen LogP contribution in [0.5, 0.6) is 0 Å². The molecule has 1 N–H and O–H groups in total. The predicted octanol–water partition coefficient (Wildman–Crippen LogP) is 3.96. The van der Waals surface area contributed by atoms with Crippen LogP contribution in [0.3, 0.4) is 0 Å². The topological polar surface area (TPSA) is 69.7 Å². The summed E-state index contributed by atoms with van der Waals surface area (Å²) in [6, 6.07) is 13.0. The summed E-state index contributed by atoms with van der Waals surface area (Å²) in [6.07, 6.45) is 7.94. The van der Waals surface area contributed by atoms with Crippen LogP contribution in [0.4, 0.5) is 0 Å².